The van der Waals surface area contributed by atoms with Crippen LogP contribution < -0.4 is 0 Å². The standard InChI is InChI=1S/C81H58N6/c1-55-82-74(62-29-13-5-14-30-62)54-79(83-55)73-39-18-17-38-72(73)66-35-19-22-57(44-66)46-81-84-75(63-31-15-6-16-32-63)52-78(87-81)71-50-69(60-27-11-4-12-28-60)49-70(51-71)61-42-40-56(41-43-61)45-80-85-76(67-36-20-33-64(47-67)58-23-7-2-8-24-58)53-77(86-80)68-37-21-34-65(48-68)59-25-9-3-10-26-59/h2-44,47-54H,45-46H2,1H3. The summed E-state index contributed by atoms with van der Waals surface area (Å²) in [6.07, 6.45) is 1.07. The van der Waals surface area contributed by atoms with Crippen molar-refractivity contribution in [3.05, 3.63) is 338 Å². The second kappa shape index (κ2) is 24.5. The summed E-state index contributed by atoms with van der Waals surface area (Å²) in [6, 6.07) is 109. The Morgan fingerprint density at radius 1 is 0.195 bits per heavy atom. The molecule has 412 valence electrons. The molecular formula is C81H58N6. The fourth-order valence-electron chi connectivity index (χ4n) is 11.5. The summed E-state index contributed by atoms with van der Waals surface area (Å²) in [5.74, 6) is 2.20. The summed E-state index contributed by atoms with van der Waals surface area (Å²) in [5, 5.41) is 0. The number of aromatic nitrogens is 6. The van der Waals surface area contributed by atoms with Gasteiger partial charge in [0.1, 0.15) is 17.5 Å². The molecule has 0 fully saturated rings. The molecule has 0 atom stereocenters. The third-order valence-electron chi connectivity index (χ3n) is 15.8. The lowest BCUT2D eigenvalue weighted by molar-refractivity contribution is 0.976. The Labute approximate surface area is 508 Å². The van der Waals surface area contributed by atoms with E-state index in [2.05, 4.69) is 285 Å². The van der Waals surface area contributed by atoms with Crippen molar-refractivity contribution in [2.75, 3.05) is 0 Å². The summed E-state index contributed by atoms with van der Waals surface area (Å²) in [5.41, 5.74) is 24.8. The third-order valence-corrected chi connectivity index (χ3v) is 15.8. The lowest BCUT2D eigenvalue weighted by Crippen LogP contribution is -2.02. The number of rotatable bonds is 15. The summed E-state index contributed by atoms with van der Waals surface area (Å²) < 4.78 is 0. The van der Waals surface area contributed by atoms with Crippen molar-refractivity contribution in [2.24, 2.45) is 0 Å². The van der Waals surface area contributed by atoms with Gasteiger partial charge in [-0.05, 0) is 122 Å². The van der Waals surface area contributed by atoms with Crippen LogP contribution in [0.3, 0.4) is 0 Å². The highest BCUT2D eigenvalue weighted by Crippen LogP contribution is 2.37. The average molecular weight is 1120 g/mol. The highest BCUT2D eigenvalue weighted by molar-refractivity contribution is 5.85. The summed E-state index contributed by atoms with van der Waals surface area (Å²) >= 11 is 0. The molecule has 0 radical (unpaired) electrons. The van der Waals surface area contributed by atoms with Gasteiger partial charge in [-0.15, -0.1) is 0 Å². The summed E-state index contributed by atoms with van der Waals surface area (Å²) in [4.78, 5) is 31.1. The van der Waals surface area contributed by atoms with Gasteiger partial charge in [0.2, 0.25) is 0 Å². The smallest absolute Gasteiger partial charge is 0.134 e. The second-order valence-corrected chi connectivity index (χ2v) is 21.9. The van der Waals surface area contributed by atoms with Crippen LogP contribution in [0.5, 0.6) is 0 Å². The zero-order chi connectivity index (χ0) is 58.3. The zero-order valence-electron chi connectivity index (χ0n) is 48.0. The van der Waals surface area contributed by atoms with Crippen LogP contribution in [0.2, 0.25) is 0 Å². The SMILES string of the molecule is Cc1nc(-c2ccccc2)cc(-c2ccccc2-c2cccc(Cc3nc(-c4ccccc4)cc(-c4cc(-c5ccccc5)cc(-c5ccc(Cc6nc(-c7cccc(-c8ccccc8)c7)cc(-c7cccc(-c8ccccc8)c7)n6)cc5)c4)n3)c2)n1. The van der Waals surface area contributed by atoms with Gasteiger partial charge in [-0.1, -0.05) is 261 Å². The largest absolute Gasteiger partial charge is 0.233 e. The lowest BCUT2D eigenvalue weighted by atomic mass is 9.93. The molecule has 0 aliphatic rings. The van der Waals surface area contributed by atoms with Crippen LogP contribution in [-0.4, -0.2) is 29.9 Å². The van der Waals surface area contributed by atoms with Crippen molar-refractivity contribution in [1.29, 1.82) is 0 Å². The molecule has 0 aliphatic heterocycles. The van der Waals surface area contributed by atoms with Gasteiger partial charge in [-0.2, -0.15) is 0 Å². The van der Waals surface area contributed by atoms with E-state index in [0.717, 1.165) is 152 Å². The lowest BCUT2D eigenvalue weighted by Gasteiger charge is -2.14. The number of hydrogen-bond donors (Lipinski definition) is 0. The predicted octanol–water partition coefficient (Wildman–Crippen LogP) is 19.9. The van der Waals surface area contributed by atoms with E-state index in [4.69, 9.17) is 29.9 Å². The molecule has 0 N–H and O–H groups in total. The first kappa shape index (κ1) is 53.7. The molecule has 0 spiro atoms. The molecule has 11 aromatic carbocycles. The molecular weight excluding hydrogens is 1060 g/mol. The fraction of sp³-hybridized carbons (Fsp3) is 0.0370. The molecule has 0 saturated carbocycles. The minimum Gasteiger partial charge on any atom is -0.233 e. The van der Waals surface area contributed by atoms with Gasteiger partial charge in [-0.25, -0.2) is 29.9 Å². The minimum atomic E-state index is 0.523. The molecule has 0 amide bonds. The number of benzene rings is 11. The Morgan fingerprint density at radius 2 is 0.529 bits per heavy atom. The maximum Gasteiger partial charge on any atom is 0.134 e. The van der Waals surface area contributed by atoms with Crippen LogP contribution in [0.1, 0.15) is 28.6 Å². The van der Waals surface area contributed by atoms with Gasteiger partial charge < -0.3 is 0 Å². The first-order valence-corrected chi connectivity index (χ1v) is 29.5. The summed E-state index contributed by atoms with van der Waals surface area (Å²) in [6.45, 7) is 1.96. The molecule has 87 heavy (non-hydrogen) atoms. The van der Waals surface area contributed by atoms with Crippen molar-refractivity contribution < 1.29 is 0 Å². The number of aryl methyl sites for hydroxylation is 1. The molecule has 0 unspecified atom stereocenters. The normalized spacial score (nSPS) is 11.1. The van der Waals surface area contributed by atoms with E-state index in [9.17, 15) is 0 Å². The van der Waals surface area contributed by atoms with Crippen molar-refractivity contribution in [2.45, 2.75) is 19.8 Å². The van der Waals surface area contributed by atoms with Crippen LogP contribution in [0, 0.1) is 6.92 Å². The molecule has 6 nitrogen and oxygen atoms in total. The van der Waals surface area contributed by atoms with Gasteiger partial charge in [0, 0.05) is 46.2 Å². The molecule has 0 saturated heterocycles. The number of nitrogens with zero attached hydrogens (tertiary/aromatic N) is 6. The van der Waals surface area contributed by atoms with Gasteiger partial charge in [0.15, 0.2) is 0 Å². The Hall–Kier alpha value is -11.3. The van der Waals surface area contributed by atoms with E-state index in [-0.39, 0.29) is 0 Å². The minimum absolute atomic E-state index is 0.523. The Balaban J connectivity index is 0.805. The average Bonchev–Trinajstić information content (AvgIpc) is 2.65. The first-order valence-electron chi connectivity index (χ1n) is 29.5. The zero-order valence-corrected chi connectivity index (χ0v) is 48.0. The fourth-order valence-corrected chi connectivity index (χ4v) is 11.5. The van der Waals surface area contributed by atoms with Gasteiger partial charge in [-0.3, -0.25) is 0 Å². The highest BCUT2D eigenvalue weighted by Gasteiger charge is 2.18. The Morgan fingerprint density at radius 3 is 1.06 bits per heavy atom. The molecule has 14 aromatic rings. The second-order valence-electron chi connectivity index (χ2n) is 21.9. The van der Waals surface area contributed by atoms with Crippen LogP contribution >= 0.6 is 0 Å². The van der Waals surface area contributed by atoms with E-state index in [1.54, 1.807) is 0 Å². The van der Waals surface area contributed by atoms with Crippen molar-refractivity contribution in [3.63, 3.8) is 0 Å². The maximum atomic E-state index is 5.43. The molecule has 3 aromatic heterocycles. The third kappa shape index (κ3) is 12.2. The highest BCUT2D eigenvalue weighted by atomic mass is 14.9. The van der Waals surface area contributed by atoms with Gasteiger partial charge in [0.25, 0.3) is 0 Å². The quantitative estimate of drug-likeness (QED) is 0.102. The van der Waals surface area contributed by atoms with E-state index in [1.165, 1.54) is 0 Å². The van der Waals surface area contributed by atoms with E-state index < -0.39 is 0 Å². The van der Waals surface area contributed by atoms with Crippen LogP contribution in [0.25, 0.3) is 123 Å². The monoisotopic (exact) mass is 1110 g/mol. The van der Waals surface area contributed by atoms with Crippen LogP contribution in [-0.2, 0) is 12.8 Å². The predicted molar refractivity (Wildman–Crippen MR) is 356 cm³/mol. The Bertz CT molecular complexity index is 4620. The van der Waals surface area contributed by atoms with Crippen molar-refractivity contribution in [1.82, 2.24) is 29.9 Å². The Kier molecular flexibility index (Phi) is 15.1. The van der Waals surface area contributed by atoms with Crippen molar-refractivity contribution >= 4 is 0 Å². The van der Waals surface area contributed by atoms with E-state index >= 15 is 0 Å². The molecule has 6 heteroatoms. The summed E-state index contributed by atoms with van der Waals surface area (Å²) in [7, 11) is 0. The molecule has 3 heterocycles. The maximum absolute atomic E-state index is 5.43. The topological polar surface area (TPSA) is 77.3 Å². The molecule has 0 aliphatic carbocycles. The number of hydrogen-bond acceptors (Lipinski definition) is 6. The molecule has 0 bridgehead atoms. The van der Waals surface area contributed by atoms with Crippen molar-refractivity contribution in [3.8, 4) is 123 Å². The van der Waals surface area contributed by atoms with Crippen LogP contribution in [0.4, 0.5) is 0 Å². The van der Waals surface area contributed by atoms with Crippen LogP contribution in [0.15, 0.2) is 309 Å². The van der Waals surface area contributed by atoms with E-state index in [0.29, 0.717) is 12.8 Å². The van der Waals surface area contributed by atoms with Gasteiger partial charge in [0.05, 0.1) is 34.2 Å². The van der Waals surface area contributed by atoms with E-state index in [1.807, 2.05) is 31.2 Å². The molecule has 14 rings (SSSR count). The first-order chi connectivity index (χ1) is 42.9. The van der Waals surface area contributed by atoms with Gasteiger partial charge >= 0.3 is 0 Å².